The van der Waals surface area contributed by atoms with E-state index in [9.17, 15) is 18.8 Å². The van der Waals surface area contributed by atoms with Crippen molar-refractivity contribution in [2.45, 2.75) is 19.4 Å². The van der Waals surface area contributed by atoms with Crippen LogP contribution in [0.2, 0.25) is 5.02 Å². The van der Waals surface area contributed by atoms with Crippen molar-refractivity contribution in [1.82, 2.24) is 5.01 Å². The largest absolute Gasteiger partial charge is 0.366 e. The number of halogens is 2. The Morgan fingerprint density at radius 1 is 1.18 bits per heavy atom. The lowest BCUT2D eigenvalue weighted by molar-refractivity contribution is -0.132. The molecule has 0 unspecified atom stereocenters. The van der Waals surface area contributed by atoms with Gasteiger partial charge in [0.25, 0.3) is 5.91 Å². The lowest BCUT2D eigenvalue weighted by Gasteiger charge is -2.23. The molecule has 7 nitrogen and oxygen atoms in total. The molecule has 3 rings (SSSR count). The number of hydrogen-bond acceptors (Lipinski definition) is 4. The Hall–Kier alpha value is -3.26. The van der Waals surface area contributed by atoms with Gasteiger partial charge in [0.1, 0.15) is 11.5 Å². The summed E-state index contributed by atoms with van der Waals surface area (Å²) in [7, 11) is 0. The van der Waals surface area contributed by atoms with Gasteiger partial charge in [-0.2, -0.15) is 5.10 Å². The first-order valence-corrected chi connectivity index (χ1v) is 8.74. The minimum Gasteiger partial charge on any atom is -0.366 e. The third kappa shape index (κ3) is 4.52. The molecule has 0 bridgehead atoms. The summed E-state index contributed by atoms with van der Waals surface area (Å²) >= 11 is 5.98. The molecule has 0 saturated heterocycles. The first kappa shape index (κ1) is 19.5. The van der Waals surface area contributed by atoms with Gasteiger partial charge in [0.2, 0.25) is 11.8 Å². The van der Waals surface area contributed by atoms with Crippen molar-refractivity contribution < 1.29 is 18.8 Å². The van der Waals surface area contributed by atoms with Gasteiger partial charge in [-0.15, -0.1) is 0 Å². The Balaban J connectivity index is 1.73. The molecule has 0 aromatic heterocycles. The Morgan fingerprint density at radius 2 is 1.89 bits per heavy atom. The highest BCUT2D eigenvalue weighted by Gasteiger charge is 2.25. The fraction of sp³-hybridized carbons (Fsp3) is 0.158. The van der Waals surface area contributed by atoms with E-state index in [2.05, 4.69) is 10.4 Å². The van der Waals surface area contributed by atoms with Crippen LogP contribution in [0.1, 0.15) is 28.8 Å². The number of benzene rings is 2. The highest BCUT2D eigenvalue weighted by Crippen LogP contribution is 2.21. The van der Waals surface area contributed by atoms with Gasteiger partial charge in [0.15, 0.2) is 0 Å². The third-order valence-electron chi connectivity index (χ3n) is 4.11. The number of anilines is 1. The smallest absolute Gasteiger partial charge is 0.271 e. The second-order valence-electron chi connectivity index (χ2n) is 6.14. The van der Waals surface area contributed by atoms with Crippen LogP contribution in [0.3, 0.4) is 0 Å². The number of nitrogens with two attached hydrogens (primary N) is 1. The normalized spacial score (nSPS) is 13.9. The summed E-state index contributed by atoms with van der Waals surface area (Å²) in [6, 6.07) is 10.00. The average Bonchev–Trinajstić information content (AvgIpc) is 2.65. The third-order valence-corrected chi connectivity index (χ3v) is 4.42. The van der Waals surface area contributed by atoms with Crippen molar-refractivity contribution in [2.75, 3.05) is 5.32 Å². The van der Waals surface area contributed by atoms with E-state index in [4.69, 9.17) is 17.3 Å². The first-order valence-electron chi connectivity index (χ1n) is 8.36. The number of hydrogen-bond donors (Lipinski definition) is 2. The lowest BCUT2D eigenvalue weighted by Crippen LogP contribution is -2.36. The van der Waals surface area contributed by atoms with Crippen LogP contribution >= 0.6 is 11.6 Å². The van der Waals surface area contributed by atoms with E-state index in [0.29, 0.717) is 11.3 Å². The second-order valence-corrected chi connectivity index (χ2v) is 6.54. The molecule has 3 amide bonds. The zero-order valence-corrected chi connectivity index (χ0v) is 15.4. The van der Waals surface area contributed by atoms with Crippen LogP contribution in [-0.4, -0.2) is 28.4 Å². The maximum absolute atomic E-state index is 13.0. The second kappa shape index (κ2) is 8.18. The maximum atomic E-state index is 13.0. The SMILES string of the molecule is NC(=O)c1ccc(NC(=O)C2=NN(Cc3ccc(F)cc3)C(=O)CC2)cc1Cl. The minimum absolute atomic E-state index is 0.115. The van der Waals surface area contributed by atoms with Crippen LogP contribution < -0.4 is 11.1 Å². The molecule has 0 spiro atoms. The first-order chi connectivity index (χ1) is 13.3. The molecule has 28 heavy (non-hydrogen) atoms. The molecular formula is C19H16ClFN4O3. The van der Waals surface area contributed by atoms with Crippen LogP contribution in [0.4, 0.5) is 10.1 Å². The van der Waals surface area contributed by atoms with E-state index < -0.39 is 11.8 Å². The zero-order chi connectivity index (χ0) is 20.3. The predicted octanol–water partition coefficient (Wildman–Crippen LogP) is 2.70. The monoisotopic (exact) mass is 402 g/mol. The summed E-state index contributed by atoms with van der Waals surface area (Å²) in [5.41, 5.74) is 6.57. The molecule has 2 aromatic rings. The predicted molar refractivity (Wildman–Crippen MR) is 102 cm³/mol. The molecule has 1 aliphatic rings. The standard InChI is InChI=1S/C19H16ClFN4O3/c20-15-9-13(5-6-14(15)18(22)27)23-19(28)16-7-8-17(26)25(24-16)10-11-1-3-12(21)4-2-11/h1-6,9H,7-8,10H2,(H2,22,27)(H,23,28). The number of primary amides is 1. The Labute approximate surface area is 165 Å². The summed E-state index contributed by atoms with van der Waals surface area (Å²) in [6.07, 6.45) is 0.326. The molecule has 144 valence electrons. The molecule has 0 radical (unpaired) electrons. The number of carbonyl (C=O) groups excluding carboxylic acids is 3. The van der Waals surface area contributed by atoms with Gasteiger partial charge in [-0.1, -0.05) is 23.7 Å². The highest BCUT2D eigenvalue weighted by molar-refractivity contribution is 6.43. The van der Waals surface area contributed by atoms with Gasteiger partial charge in [0.05, 0.1) is 17.1 Å². The summed E-state index contributed by atoms with van der Waals surface area (Å²) in [5, 5.41) is 8.07. The molecule has 0 aliphatic carbocycles. The number of rotatable bonds is 5. The molecular weight excluding hydrogens is 387 g/mol. The van der Waals surface area contributed by atoms with E-state index in [1.54, 1.807) is 12.1 Å². The van der Waals surface area contributed by atoms with Crippen molar-refractivity contribution >= 4 is 40.7 Å². The van der Waals surface area contributed by atoms with Crippen molar-refractivity contribution in [3.63, 3.8) is 0 Å². The van der Waals surface area contributed by atoms with Gasteiger partial charge in [-0.3, -0.25) is 14.4 Å². The van der Waals surface area contributed by atoms with E-state index in [-0.39, 0.29) is 47.4 Å². The number of nitrogens with one attached hydrogen (secondary N) is 1. The molecule has 0 atom stereocenters. The molecule has 1 aliphatic heterocycles. The molecule has 9 heteroatoms. The quantitative estimate of drug-likeness (QED) is 0.803. The topological polar surface area (TPSA) is 105 Å². The zero-order valence-electron chi connectivity index (χ0n) is 14.6. The molecule has 0 saturated carbocycles. The molecule has 3 N–H and O–H groups in total. The fourth-order valence-electron chi connectivity index (χ4n) is 2.65. The average molecular weight is 403 g/mol. The number of amides is 3. The van der Waals surface area contributed by atoms with Crippen molar-refractivity contribution in [1.29, 1.82) is 0 Å². The van der Waals surface area contributed by atoms with Gasteiger partial charge < -0.3 is 11.1 Å². The summed E-state index contributed by atoms with van der Waals surface area (Å²) in [6.45, 7) is 0.134. The number of carbonyl (C=O) groups is 3. The van der Waals surface area contributed by atoms with Crippen LogP contribution in [0.15, 0.2) is 47.6 Å². The summed E-state index contributed by atoms with van der Waals surface area (Å²) in [5.74, 6) is -1.76. The minimum atomic E-state index is -0.672. The molecule has 0 fully saturated rings. The number of hydrazone groups is 1. The van der Waals surface area contributed by atoms with Gasteiger partial charge in [-0.25, -0.2) is 9.40 Å². The Bertz CT molecular complexity index is 976. The van der Waals surface area contributed by atoms with Crippen molar-refractivity contribution in [3.8, 4) is 0 Å². The Kier molecular flexibility index (Phi) is 5.70. The highest BCUT2D eigenvalue weighted by atomic mass is 35.5. The fourth-order valence-corrected chi connectivity index (χ4v) is 2.92. The van der Waals surface area contributed by atoms with E-state index in [0.717, 1.165) is 0 Å². The Morgan fingerprint density at radius 3 is 2.54 bits per heavy atom. The van der Waals surface area contributed by atoms with Crippen molar-refractivity contribution in [2.24, 2.45) is 10.8 Å². The summed E-state index contributed by atoms with van der Waals surface area (Å²) in [4.78, 5) is 35.8. The van der Waals surface area contributed by atoms with E-state index >= 15 is 0 Å². The van der Waals surface area contributed by atoms with Crippen LogP contribution in [0, 0.1) is 5.82 Å². The van der Waals surface area contributed by atoms with E-state index in [1.807, 2.05) is 0 Å². The van der Waals surface area contributed by atoms with E-state index in [1.165, 1.54) is 35.3 Å². The molecule has 1 heterocycles. The van der Waals surface area contributed by atoms with Gasteiger partial charge in [-0.05, 0) is 35.9 Å². The van der Waals surface area contributed by atoms with Crippen LogP contribution in [0.5, 0.6) is 0 Å². The van der Waals surface area contributed by atoms with Crippen molar-refractivity contribution in [3.05, 3.63) is 64.4 Å². The maximum Gasteiger partial charge on any atom is 0.271 e. The van der Waals surface area contributed by atoms with Gasteiger partial charge in [0, 0.05) is 18.5 Å². The molecule has 2 aromatic carbocycles. The van der Waals surface area contributed by atoms with Crippen LogP contribution in [-0.2, 0) is 16.1 Å². The van der Waals surface area contributed by atoms with Gasteiger partial charge >= 0.3 is 0 Å². The number of nitrogens with zero attached hydrogens (tertiary/aromatic N) is 2. The lowest BCUT2D eigenvalue weighted by atomic mass is 10.1. The van der Waals surface area contributed by atoms with Crippen LogP contribution in [0.25, 0.3) is 0 Å². The summed E-state index contributed by atoms with van der Waals surface area (Å²) < 4.78 is 13.0.